The quantitative estimate of drug-likeness (QED) is 0.486. The predicted octanol–water partition coefficient (Wildman–Crippen LogP) is 3.77. The molecule has 0 radical (unpaired) electrons. The van der Waals surface area contributed by atoms with Crippen molar-refractivity contribution in [3.05, 3.63) is 58.9 Å². The zero-order valence-electron chi connectivity index (χ0n) is 17.5. The van der Waals surface area contributed by atoms with E-state index in [1.807, 2.05) is 25.1 Å². The zero-order chi connectivity index (χ0) is 22.2. The van der Waals surface area contributed by atoms with Gasteiger partial charge in [0.1, 0.15) is 23.4 Å². The van der Waals surface area contributed by atoms with Crippen LogP contribution in [0, 0.1) is 12.7 Å². The van der Waals surface area contributed by atoms with E-state index in [9.17, 15) is 13.2 Å². The second-order valence-electron chi connectivity index (χ2n) is 7.09. The number of guanidine groups is 1. The Morgan fingerprint density at radius 2 is 2.00 bits per heavy atom. The van der Waals surface area contributed by atoms with Gasteiger partial charge in [0, 0.05) is 37.7 Å². The van der Waals surface area contributed by atoms with Gasteiger partial charge in [-0.25, -0.2) is 4.39 Å². The highest BCUT2D eigenvalue weighted by Gasteiger charge is 2.19. The Labute approximate surface area is 179 Å². The topological polar surface area (TPSA) is 64.1 Å². The molecule has 2 aromatic carbocycles. The van der Waals surface area contributed by atoms with E-state index >= 15 is 0 Å². The first-order valence-corrected chi connectivity index (χ1v) is 9.97. The highest BCUT2D eigenvalue weighted by atomic mass is 19.3. The van der Waals surface area contributed by atoms with Crippen molar-refractivity contribution in [3.8, 4) is 11.5 Å². The van der Waals surface area contributed by atoms with Crippen molar-refractivity contribution in [1.29, 1.82) is 0 Å². The lowest BCUT2D eigenvalue weighted by Gasteiger charge is -2.18. The lowest BCUT2D eigenvalue weighted by Crippen LogP contribution is -2.36. The van der Waals surface area contributed by atoms with Crippen molar-refractivity contribution in [2.45, 2.75) is 39.1 Å². The molecule has 0 spiro atoms. The Bertz CT molecular complexity index is 903. The third-order valence-corrected chi connectivity index (χ3v) is 4.80. The molecule has 1 aliphatic rings. The molecule has 0 bridgehead atoms. The molecule has 6 nitrogen and oxygen atoms in total. The highest BCUT2D eigenvalue weighted by Crippen LogP contribution is 2.25. The molecule has 0 saturated carbocycles. The molecule has 168 valence electrons. The van der Waals surface area contributed by atoms with E-state index < -0.39 is 12.4 Å². The van der Waals surface area contributed by atoms with Crippen LogP contribution in [0.1, 0.15) is 23.1 Å². The monoisotopic (exact) mass is 437 g/mol. The number of alkyl halides is 2. The van der Waals surface area contributed by atoms with Crippen molar-refractivity contribution < 1.29 is 27.4 Å². The molecule has 2 N–H and O–H groups in total. The van der Waals surface area contributed by atoms with Crippen LogP contribution >= 0.6 is 0 Å². The number of aliphatic imine (C=N–C) groups is 1. The van der Waals surface area contributed by atoms with Gasteiger partial charge in [-0.15, -0.1) is 0 Å². The molecular formula is C22H26F3N3O3. The molecule has 1 unspecified atom stereocenters. The molecule has 3 rings (SSSR count). The summed E-state index contributed by atoms with van der Waals surface area (Å²) in [6, 6.07) is 9.72. The van der Waals surface area contributed by atoms with E-state index in [2.05, 4.69) is 20.4 Å². The number of benzene rings is 2. The summed E-state index contributed by atoms with van der Waals surface area (Å²) in [5.41, 5.74) is 1.99. The lowest BCUT2D eigenvalue weighted by molar-refractivity contribution is -0.0506. The largest absolute Gasteiger partial charge is 0.488 e. The van der Waals surface area contributed by atoms with Gasteiger partial charge in [0.2, 0.25) is 0 Å². The molecule has 2 aromatic rings. The van der Waals surface area contributed by atoms with Gasteiger partial charge in [-0.3, -0.25) is 4.99 Å². The van der Waals surface area contributed by atoms with Crippen LogP contribution in [0.3, 0.4) is 0 Å². The van der Waals surface area contributed by atoms with E-state index in [1.165, 1.54) is 18.2 Å². The maximum atomic E-state index is 14.1. The molecule has 1 saturated heterocycles. The summed E-state index contributed by atoms with van der Waals surface area (Å²) in [6.45, 7) is 0.529. The minimum absolute atomic E-state index is 0.00802. The number of rotatable bonds is 8. The summed E-state index contributed by atoms with van der Waals surface area (Å²) in [4.78, 5) is 4.11. The average Bonchev–Trinajstić information content (AvgIpc) is 3.23. The first kappa shape index (κ1) is 22.7. The number of halogens is 3. The molecule has 1 aliphatic heterocycles. The predicted molar refractivity (Wildman–Crippen MR) is 111 cm³/mol. The standard InChI is InChI=1S/C22H26F3N3O3/c1-14-6-7-15(20(10-14)30-16-8-9-29-13-16)11-27-22(26-2)28-12-17-18(23)4-3-5-19(17)31-21(24)25/h3-7,10,16,21H,8-9,11-13H2,1-2H3,(H2,26,27,28). The van der Waals surface area contributed by atoms with E-state index in [-0.39, 0.29) is 24.0 Å². The fraction of sp³-hybridized carbons (Fsp3) is 0.409. The number of ether oxygens (including phenoxy) is 3. The number of nitrogens with one attached hydrogen (secondary N) is 2. The maximum Gasteiger partial charge on any atom is 0.387 e. The normalized spacial score (nSPS) is 16.5. The summed E-state index contributed by atoms with van der Waals surface area (Å²) < 4.78 is 55.2. The Morgan fingerprint density at radius 3 is 2.71 bits per heavy atom. The number of hydrogen-bond donors (Lipinski definition) is 2. The minimum Gasteiger partial charge on any atom is -0.488 e. The molecule has 0 aromatic heterocycles. The van der Waals surface area contributed by atoms with E-state index in [4.69, 9.17) is 9.47 Å². The second-order valence-corrected chi connectivity index (χ2v) is 7.09. The van der Waals surface area contributed by atoms with Crippen LogP contribution in [0.4, 0.5) is 13.2 Å². The summed E-state index contributed by atoms with van der Waals surface area (Å²) in [7, 11) is 1.57. The van der Waals surface area contributed by atoms with Gasteiger partial charge < -0.3 is 24.8 Å². The third-order valence-electron chi connectivity index (χ3n) is 4.80. The van der Waals surface area contributed by atoms with Crippen molar-refractivity contribution in [3.63, 3.8) is 0 Å². The molecule has 1 heterocycles. The molecular weight excluding hydrogens is 411 g/mol. The fourth-order valence-electron chi connectivity index (χ4n) is 3.19. The van der Waals surface area contributed by atoms with Crippen LogP contribution < -0.4 is 20.1 Å². The van der Waals surface area contributed by atoms with E-state index in [0.29, 0.717) is 25.7 Å². The summed E-state index contributed by atoms with van der Waals surface area (Å²) in [6.07, 6.45) is 0.864. The Morgan fingerprint density at radius 1 is 1.19 bits per heavy atom. The Kier molecular flexibility index (Phi) is 8.00. The first-order valence-electron chi connectivity index (χ1n) is 9.97. The molecule has 9 heteroatoms. The van der Waals surface area contributed by atoms with Gasteiger partial charge in [0.05, 0.1) is 13.2 Å². The van der Waals surface area contributed by atoms with Gasteiger partial charge >= 0.3 is 6.61 Å². The number of aryl methyl sites for hydroxylation is 1. The highest BCUT2D eigenvalue weighted by molar-refractivity contribution is 5.79. The molecule has 31 heavy (non-hydrogen) atoms. The van der Waals surface area contributed by atoms with Gasteiger partial charge in [0.25, 0.3) is 0 Å². The van der Waals surface area contributed by atoms with Gasteiger partial charge in [-0.1, -0.05) is 18.2 Å². The van der Waals surface area contributed by atoms with Crippen molar-refractivity contribution in [2.75, 3.05) is 20.3 Å². The zero-order valence-corrected chi connectivity index (χ0v) is 17.5. The smallest absolute Gasteiger partial charge is 0.387 e. The summed E-state index contributed by atoms with van der Waals surface area (Å²) in [5.74, 6) is 0.280. The minimum atomic E-state index is -3.04. The summed E-state index contributed by atoms with van der Waals surface area (Å²) in [5, 5.41) is 6.06. The molecule has 1 atom stereocenters. The van der Waals surface area contributed by atoms with Gasteiger partial charge in [-0.2, -0.15) is 8.78 Å². The SMILES string of the molecule is CN=C(NCc1ccc(C)cc1OC1CCOC1)NCc1c(F)cccc1OC(F)F. The van der Waals surface area contributed by atoms with Crippen LogP contribution in [-0.4, -0.2) is 38.9 Å². The van der Waals surface area contributed by atoms with Crippen molar-refractivity contribution >= 4 is 5.96 Å². The third kappa shape index (κ3) is 6.52. The first-order chi connectivity index (χ1) is 15.0. The van der Waals surface area contributed by atoms with Crippen LogP contribution in [-0.2, 0) is 17.8 Å². The second kappa shape index (κ2) is 10.9. The molecule has 0 aliphatic carbocycles. The van der Waals surface area contributed by atoms with Gasteiger partial charge in [-0.05, 0) is 30.7 Å². The number of nitrogens with zero attached hydrogens (tertiary/aromatic N) is 1. The van der Waals surface area contributed by atoms with Crippen molar-refractivity contribution in [2.24, 2.45) is 4.99 Å². The van der Waals surface area contributed by atoms with Gasteiger partial charge in [0.15, 0.2) is 5.96 Å². The molecule has 1 fully saturated rings. The van der Waals surface area contributed by atoms with Crippen molar-refractivity contribution in [1.82, 2.24) is 10.6 Å². The van der Waals surface area contributed by atoms with Crippen LogP contribution in [0.25, 0.3) is 0 Å². The van der Waals surface area contributed by atoms with E-state index in [1.54, 1.807) is 7.05 Å². The Balaban J connectivity index is 1.63. The lowest BCUT2D eigenvalue weighted by atomic mass is 10.1. The summed E-state index contributed by atoms with van der Waals surface area (Å²) >= 11 is 0. The molecule has 0 amide bonds. The van der Waals surface area contributed by atoms with Crippen LogP contribution in [0.2, 0.25) is 0 Å². The maximum absolute atomic E-state index is 14.1. The van der Waals surface area contributed by atoms with Crippen LogP contribution in [0.15, 0.2) is 41.4 Å². The Hall–Kier alpha value is -2.94. The average molecular weight is 437 g/mol. The number of hydrogen-bond acceptors (Lipinski definition) is 4. The fourth-order valence-corrected chi connectivity index (χ4v) is 3.19. The van der Waals surface area contributed by atoms with E-state index in [0.717, 1.165) is 23.3 Å². The van der Waals surface area contributed by atoms with Crippen LogP contribution in [0.5, 0.6) is 11.5 Å².